The second-order valence-electron chi connectivity index (χ2n) is 5.60. The number of aromatic nitrogens is 5. The minimum atomic E-state index is 0.180. The quantitative estimate of drug-likeness (QED) is 0.571. The number of hydrogen-bond donors (Lipinski definition) is 0. The van der Waals surface area contributed by atoms with Crippen LogP contribution in [0.1, 0.15) is 17.3 Å². The molecule has 1 unspecified atom stereocenters. The molecule has 2 aromatic carbocycles. The van der Waals surface area contributed by atoms with Gasteiger partial charge in [-0.3, -0.25) is 0 Å². The van der Waals surface area contributed by atoms with Gasteiger partial charge in [0, 0.05) is 18.6 Å². The van der Waals surface area contributed by atoms with Gasteiger partial charge >= 0.3 is 0 Å². The van der Waals surface area contributed by atoms with Crippen molar-refractivity contribution in [2.45, 2.75) is 5.92 Å². The van der Waals surface area contributed by atoms with Gasteiger partial charge < -0.3 is 4.57 Å². The van der Waals surface area contributed by atoms with Crippen LogP contribution in [0.4, 0.5) is 0 Å². The number of nitrogens with zero attached hydrogens (tertiary/aromatic N) is 5. The lowest BCUT2D eigenvalue weighted by Crippen LogP contribution is -2.02. The summed E-state index contributed by atoms with van der Waals surface area (Å²) in [6.07, 6.45) is 8.03. The maximum atomic E-state index is 4.46. The van der Waals surface area contributed by atoms with E-state index < -0.39 is 0 Å². The Bertz CT molecular complexity index is 1040. The maximum absolute atomic E-state index is 4.46. The molecule has 23 heavy (non-hydrogen) atoms. The number of fused-ring (bicyclic) bond motifs is 2. The molecule has 4 aromatic rings. The van der Waals surface area contributed by atoms with Gasteiger partial charge in [0.05, 0.1) is 17.1 Å². The molecule has 0 spiro atoms. The second-order valence-corrected chi connectivity index (χ2v) is 5.60. The lowest BCUT2D eigenvalue weighted by molar-refractivity contribution is 0.819. The normalized spacial score (nSPS) is 16.1. The Morgan fingerprint density at radius 2 is 1.96 bits per heavy atom. The van der Waals surface area contributed by atoms with Crippen molar-refractivity contribution in [3.05, 3.63) is 78.4 Å². The summed E-state index contributed by atoms with van der Waals surface area (Å²) in [6, 6.07) is 16.4. The fourth-order valence-electron chi connectivity index (χ4n) is 3.13. The Balaban J connectivity index is 1.63. The number of imidazole rings is 1. The summed E-state index contributed by atoms with van der Waals surface area (Å²) in [4.78, 5) is 4.46. The van der Waals surface area contributed by atoms with Crippen molar-refractivity contribution in [3.63, 3.8) is 0 Å². The van der Waals surface area contributed by atoms with Crippen LogP contribution in [-0.2, 0) is 0 Å². The molecule has 0 saturated carbocycles. The fraction of sp³-hybridized carbons (Fsp3) is 0.0556. The number of allylic oxidation sites excluding steroid dienone is 1. The molecule has 5 rings (SSSR count). The molecule has 0 amide bonds. The standard InChI is InChI=1S/C18H13N5/c1-2-7-17-16(6-1)20-21-23(17)14-5-3-4-13(12-14)15-8-10-22-11-9-19-18(15)22/h1-12,15H. The van der Waals surface area contributed by atoms with Crippen LogP contribution in [0.5, 0.6) is 0 Å². The van der Waals surface area contributed by atoms with Crippen LogP contribution in [0, 0.1) is 0 Å². The van der Waals surface area contributed by atoms with Gasteiger partial charge in [0.15, 0.2) is 0 Å². The van der Waals surface area contributed by atoms with Crippen LogP contribution in [0.25, 0.3) is 22.9 Å². The number of hydrogen-bond acceptors (Lipinski definition) is 3. The van der Waals surface area contributed by atoms with E-state index in [0.29, 0.717) is 0 Å². The Morgan fingerprint density at radius 3 is 2.96 bits per heavy atom. The fourth-order valence-corrected chi connectivity index (χ4v) is 3.13. The Kier molecular flexibility index (Phi) is 2.49. The highest BCUT2D eigenvalue weighted by Gasteiger charge is 2.21. The van der Waals surface area contributed by atoms with Crippen molar-refractivity contribution in [2.24, 2.45) is 0 Å². The van der Waals surface area contributed by atoms with Crippen LogP contribution < -0.4 is 0 Å². The van der Waals surface area contributed by atoms with Crippen molar-refractivity contribution in [3.8, 4) is 5.69 Å². The Morgan fingerprint density at radius 1 is 1.00 bits per heavy atom. The van der Waals surface area contributed by atoms with E-state index in [2.05, 4.69) is 56.4 Å². The largest absolute Gasteiger partial charge is 0.310 e. The lowest BCUT2D eigenvalue weighted by atomic mass is 9.99. The number of benzene rings is 2. The molecule has 1 aliphatic rings. The van der Waals surface area contributed by atoms with Gasteiger partial charge in [-0.05, 0) is 29.8 Å². The first-order valence-electron chi connectivity index (χ1n) is 7.52. The Labute approximate surface area is 132 Å². The molecule has 0 aliphatic carbocycles. The molecular formula is C18H13N5. The van der Waals surface area contributed by atoms with E-state index in [4.69, 9.17) is 0 Å². The third kappa shape index (κ3) is 1.83. The molecule has 5 heteroatoms. The summed E-state index contributed by atoms with van der Waals surface area (Å²) in [5.41, 5.74) is 4.11. The molecule has 1 aliphatic heterocycles. The van der Waals surface area contributed by atoms with Gasteiger partial charge in [0.2, 0.25) is 0 Å². The van der Waals surface area contributed by atoms with Gasteiger partial charge in [0.25, 0.3) is 0 Å². The molecule has 0 radical (unpaired) electrons. The van der Waals surface area contributed by atoms with Gasteiger partial charge in [-0.2, -0.15) is 0 Å². The minimum Gasteiger partial charge on any atom is -0.310 e. The molecule has 0 fully saturated rings. The van der Waals surface area contributed by atoms with Gasteiger partial charge in [0.1, 0.15) is 11.3 Å². The monoisotopic (exact) mass is 299 g/mol. The summed E-state index contributed by atoms with van der Waals surface area (Å²) in [5, 5.41) is 8.53. The summed E-state index contributed by atoms with van der Waals surface area (Å²) in [6.45, 7) is 0. The molecule has 3 heterocycles. The molecule has 2 aromatic heterocycles. The molecule has 0 N–H and O–H groups in total. The summed E-state index contributed by atoms with van der Waals surface area (Å²) >= 11 is 0. The zero-order valence-corrected chi connectivity index (χ0v) is 12.2. The molecule has 1 atom stereocenters. The first kappa shape index (κ1) is 12.3. The predicted octanol–water partition coefficient (Wildman–Crippen LogP) is 3.23. The zero-order chi connectivity index (χ0) is 15.2. The molecule has 110 valence electrons. The lowest BCUT2D eigenvalue weighted by Gasteiger charge is -2.10. The van der Waals surface area contributed by atoms with E-state index >= 15 is 0 Å². The van der Waals surface area contributed by atoms with E-state index in [-0.39, 0.29) is 5.92 Å². The molecule has 0 bridgehead atoms. The highest BCUT2D eigenvalue weighted by molar-refractivity contribution is 5.75. The highest BCUT2D eigenvalue weighted by Crippen LogP contribution is 2.31. The first-order chi connectivity index (χ1) is 11.4. The summed E-state index contributed by atoms with van der Waals surface area (Å²) in [5.74, 6) is 1.23. The maximum Gasteiger partial charge on any atom is 0.124 e. The Hall–Kier alpha value is -3.21. The van der Waals surface area contributed by atoms with Crippen LogP contribution in [0.2, 0.25) is 0 Å². The zero-order valence-electron chi connectivity index (χ0n) is 12.2. The second kappa shape index (κ2) is 4.64. The topological polar surface area (TPSA) is 48.5 Å². The van der Waals surface area contributed by atoms with Gasteiger partial charge in [-0.15, -0.1) is 5.10 Å². The number of rotatable bonds is 2. The van der Waals surface area contributed by atoms with E-state index in [9.17, 15) is 0 Å². The van der Waals surface area contributed by atoms with Crippen LogP contribution in [0.3, 0.4) is 0 Å². The van der Waals surface area contributed by atoms with Gasteiger partial charge in [-0.1, -0.05) is 35.6 Å². The predicted molar refractivity (Wildman–Crippen MR) is 88.3 cm³/mol. The third-order valence-corrected chi connectivity index (χ3v) is 4.24. The average Bonchev–Trinajstić information content (AvgIpc) is 3.30. The van der Waals surface area contributed by atoms with Crippen molar-refractivity contribution in [1.29, 1.82) is 0 Å². The molecule has 5 nitrogen and oxygen atoms in total. The smallest absolute Gasteiger partial charge is 0.124 e. The van der Waals surface area contributed by atoms with E-state index in [1.165, 1.54) is 5.56 Å². The van der Waals surface area contributed by atoms with Crippen molar-refractivity contribution in [1.82, 2.24) is 24.5 Å². The van der Waals surface area contributed by atoms with Crippen LogP contribution in [-0.4, -0.2) is 24.5 Å². The summed E-state index contributed by atoms with van der Waals surface area (Å²) in [7, 11) is 0. The average molecular weight is 299 g/mol. The van der Waals surface area contributed by atoms with E-state index in [1.54, 1.807) is 0 Å². The van der Waals surface area contributed by atoms with Crippen LogP contribution >= 0.6 is 0 Å². The SMILES string of the molecule is C1=Cn2ccnc2C1c1cccc(-n2nnc3ccccc32)c1. The molecule has 0 saturated heterocycles. The highest BCUT2D eigenvalue weighted by atomic mass is 15.4. The van der Waals surface area contributed by atoms with E-state index in [0.717, 1.165) is 22.5 Å². The van der Waals surface area contributed by atoms with Crippen molar-refractivity contribution >= 4 is 17.2 Å². The summed E-state index contributed by atoms with van der Waals surface area (Å²) < 4.78 is 3.94. The van der Waals surface area contributed by atoms with Crippen molar-refractivity contribution in [2.75, 3.05) is 0 Å². The van der Waals surface area contributed by atoms with E-state index in [1.807, 2.05) is 41.3 Å². The number of para-hydroxylation sites is 1. The first-order valence-corrected chi connectivity index (χ1v) is 7.52. The third-order valence-electron chi connectivity index (χ3n) is 4.24. The van der Waals surface area contributed by atoms with Crippen molar-refractivity contribution < 1.29 is 0 Å². The minimum absolute atomic E-state index is 0.180. The van der Waals surface area contributed by atoms with Crippen LogP contribution in [0.15, 0.2) is 67.0 Å². The molecular weight excluding hydrogens is 286 g/mol. The van der Waals surface area contributed by atoms with Gasteiger partial charge in [-0.25, -0.2) is 9.67 Å².